The number of carbonyl (C=O) groups is 1. The Balaban J connectivity index is 1.59. The molecule has 1 amide bonds. The molecule has 27 heavy (non-hydrogen) atoms. The fourth-order valence-corrected chi connectivity index (χ4v) is 3.48. The van der Waals surface area contributed by atoms with Crippen molar-refractivity contribution in [2.24, 2.45) is 0 Å². The Kier molecular flexibility index (Phi) is 5.09. The Morgan fingerprint density at radius 3 is 2.59 bits per heavy atom. The zero-order valence-corrected chi connectivity index (χ0v) is 16.6. The number of halogens is 1. The number of nitrogens with one attached hydrogen (secondary N) is 1. The number of aromatic nitrogens is 1. The maximum atomic E-state index is 12.4. The molecule has 1 aliphatic heterocycles. The Hall–Kier alpha value is -2.44. The zero-order chi connectivity index (χ0) is 18.8. The summed E-state index contributed by atoms with van der Waals surface area (Å²) >= 11 is 3.38. The van der Waals surface area contributed by atoms with Gasteiger partial charge in [-0.05, 0) is 61.0 Å². The van der Waals surface area contributed by atoms with Crippen molar-refractivity contribution in [2.45, 2.75) is 6.92 Å². The second kappa shape index (κ2) is 7.66. The van der Waals surface area contributed by atoms with E-state index < -0.39 is 0 Å². The highest BCUT2D eigenvalue weighted by Crippen LogP contribution is 2.26. The number of benzene rings is 2. The van der Waals surface area contributed by atoms with Gasteiger partial charge in [-0.3, -0.25) is 4.79 Å². The second-order valence-electron chi connectivity index (χ2n) is 6.59. The summed E-state index contributed by atoms with van der Waals surface area (Å²) in [7, 11) is 0. The summed E-state index contributed by atoms with van der Waals surface area (Å²) in [5.74, 6) is 0.854. The summed E-state index contributed by atoms with van der Waals surface area (Å²) < 4.78 is 6.37. The van der Waals surface area contributed by atoms with E-state index in [1.807, 2.05) is 30.3 Å². The number of ether oxygens (including phenoxy) is 1. The van der Waals surface area contributed by atoms with Crippen molar-refractivity contribution in [1.29, 1.82) is 0 Å². The molecule has 1 aromatic heterocycles. The number of anilines is 2. The molecule has 2 aromatic carbocycles. The van der Waals surface area contributed by atoms with Gasteiger partial charge in [0.1, 0.15) is 5.82 Å². The van der Waals surface area contributed by atoms with Crippen LogP contribution < -0.4 is 10.2 Å². The van der Waals surface area contributed by atoms with Crippen LogP contribution >= 0.6 is 15.9 Å². The summed E-state index contributed by atoms with van der Waals surface area (Å²) in [5, 5.41) is 4.01. The molecule has 1 N–H and O–H groups in total. The standard InChI is InChI=1S/C21H20BrN3O2/c1-14-12-20(25-8-10-27-11-9-25)24-19-7-6-17(13-18(14)19)23-21(26)15-2-4-16(22)5-3-15/h2-7,12-13H,8-11H2,1H3,(H,23,26). The van der Waals surface area contributed by atoms with Crippen molar-refractivity contribution in [3.8, 4) is 0 Å². The van der Waals surface area contributed by atoms with Crippen molar-refractivity contribution >= 4 is 44.2 Å². The first-order chi connectivity index (χ1) is 13.1. The first-order valence-electron chi connectivity index (χ1n) is 8.91. The van der Waals surface area contributed by atoms with Crippen molar-refractivity contribution in [3.63, 3.8) is 0 Å². The van der Waals surface area contributed by atoms with Crippen LogP contribution in [0.3, 0.4) is 0 Å². The number of nitrogens with zero attached hydrogens (tertiary/aromatic N) is 2. The monoisotopic (exact) mass is 425 g/mol. The molecule has 0 spiro atoms. The highest BCUT2D eigenvalue weighted by Gasteiger charge is 2.14. The van der Waals surface area contributed by atoms with Gasteiger partial charge in [-0.25, -0.2) is 4.98 Å². The highest BCUT2D eigenvalue weighted by molar-refractivity contribution is 9.10. The molecule has 2 heterocycles. The minimum absolute atomic E-state index is 0.127. The van der Waals surface area contributed by atoms with Gasteiger partial charge in [0, 0.05) is 34.2 Å². The van der Waals surface area contributed by atoms with Gasteiger partial charge < -0.3 is 15.0 Å². The number of hydrogen-bond acceptors (Lipinski definition) is 4. The van der Waals surface area contributed by atoms with Crippen molar-refractivity contribution < 1.29 is 9.53 Å². The fraction of sp³-hybridized carbons (Fsp3) is 0.238. The SMILES string of the molecule is Cc1cc(N2CCOCC2)nc2ccc(NC(=O)c3ccc(Br)cc3)cc12. The van der Waals surface area contributed by atoms with E-state index in [-0.39, 0.29) is 5.91 Å². The number of aryl methyl sites for hydroxylation is 1. The summed E-state index contributed by atoms with van der Waals surface area (Å²) in [5.41, 5.74) is 3.45. The van der Waals surface area contributed by atoms with Gasteiger partial charge in [0.25, 0.3) is 5.91 Å². The van der Waals surface area contributed by atoms with E-state index >= 15 is 0 Å². The summed E-state index contributed by atoms with van der Waals surface area (Å²) in [6, 6.07) is 15.3. The second-order valence-corrected chi connectivity index (χ2v) is 7.51. The van der Waals surface area contributed by atoms with Crippen molar-refractivity contribution in [3.05, 3.63) is 64.1 Å². The highest BCUT2D eigenvalue weighted by atomic mass is 79.9. The maximum Gasteiger partial charge on any atom is 0.255 e. The molecule has 0 saturated carbocycles. The molecule has 3 aromatic rings. The van der Waals surface area contributed by atoms with Crippen LogP contribution in [0.1, 0.15) is 15.9 Å². The maximum absolute atomic E-state index is 12.4. The third-order valence-corrected chi connectivity index (χ3v) is 5.23. The third-order valence-electron chi connectivity index (χ3n) is 4.70. The predicted molar refractivity (Wildman–Crippen MR) is 112 cm³/mol. The molecule has 1 fully saturated rings. The van der Waals surface area contributed by atoms with E-state index in [4.69, 9.17) is 9.72 Å². The fourth-order valence-electron chi connectivity index (χ4n) is 3.21. The van der Waals surface area contributed by atoms with Gasteiger partial charge in [-0.2, -0.15) is 0 Å². The van der Waals surface area contributed by atoms with E-state index in [1.165, 1.54) is 0 Å². The van der Waals surface area contributed by atoms with Gasteiger partial charge in [0.15, 0.2) is 0 Å². The molecule has 1 saturated heterocycles. The van der Waals surface area contributed by atoms with Gasteiger partial charge in [-0.15, -0.1) is 0 Å². The lowest BCUT2D eigenvalue weighted by Gasteiger charge is -2.28. The molecule has 138 valence electrons. The summed E-state index contributed by atoms with van der Waals surface area (Å²) in [6.45, 7) is 5.27. The molecule has 0 radical (unpaired) electrons. The Bertz CT molecular complexity index is 983. The first kappa shape index (κ1) is 17.9. The lowest BCUT2D eigenvalue weighted by Crippen LogP contribution is -2.36. The van der Waals surface area contributed by atoms with Gasteiger partial charge >= 0.3 is 0 Å². The molecule has 0 aliphatic carbocycles. The van der Waals surface area contributed by atoms with Crippen LogP contribution in [-0.4, -0.2) is 37.2 Å². The Morgan fingerprint density at radius 2 is 1.85 bits per heavy atom. The molecule has 0 bridgehead atoms. The van der Waals surface area contributed by atoms with Gasteiger partial charge in [-0.1, -0.05) is 15.9 Å². The molecule has 1 aliphatic rings. The average Bonchev–Trinajstić information content (AvgIpc) is 2.69. The van der Waals surface area contributed by atoms with E-state index in [2.05, 4.69) is 39.1 Å². The number of hydrogen-bond donors (Lipinski definition) is 1. The molecular weight excluding hydrogens is 406 g/mol. The molecular formula is C21H20BrN3O2. The van der Waals surface area contributed by atoms with E-state index in [0.717, 1.165) is 58.7 Å². The van der Waals surface area contributed by atoms with Crippen LogP contribution in [-0.2, 0) is 4.74 Å². The Morgan fingerprint density at radius 1 is 1.11 bits per heavy atom. The molecule has 0 atom stereocenters. The largest absolute Gasteiger partial charge is 0.378 e. The number of rotatable bonds is 3. The van der Waals surface area contributed by atoms with E-state index in [0.29, 0.717) is 5.56 Å². The summed E-state index contributed by atoms with van der Waals surface area (Å²) in [6.07, 6.45) is 0. The minimum Gasteiger partial charge on any atom is -0.378 e. The average molecular weight is 426 g/mol. The van der Waals surface area contributed by atoms with Gasteiger partial charge in [0.05, 0.1) is 18.7 Å². The summed E-state index contributed by atoms with van der Waals surface area (Å²) in [4.78, 5) is 19.5. The van der Waals surface area contributed by atoms with Crippen LogP contribution in [0.2, 0.25) is 0 Å². The van der Waals surface area contributed by atoms with Gasteiger partial charge in [0.2, 0.25) is 0 Å². The van der Waals surface area contributed by atoms with E-state index in [9.17, 15) is 4.79 Å². The quantitative estimate of drug-likeness (QED) is 0.675. The molecule has 5 nitrogen and oxygen atoms in total. The molecule has 4 rings (SSSR count). The molecule has 6 heteroatoms. The molecule has 0 unspecified atom stereocenters. The zero-order valence-electron chi connectivity index (χ0n) is 15.0. The predicted octanol–water partition coefficient (Wildman–Crippen LogP) is 4.39. The van der Waals surface area contributed by atoms with Crippen LogP contribution in [0.5, 0.6) is 0 Å². The van der Waals surface area contributed by atoms with E-state index in [1.54, 1.807) is 12.1 Å². The van der Waals surface area contributed by atoms with Crippen LogP contribution in [0.25, 0.3) is 10.9 Å². The van der Waals surface area contributed by atoms with Crippen molar-refractivity contribution in [2.75, 3.05) is 36.5 Å². The lowest BCUT2D eigenvalue weighted by atomic mass is 10.1. The van der Waals surface area contributed by atoms with Crippen LogP contribution in [0, 0.1) is 6.92 Å². The number of amides is 1. The number of pyridine rings is 1. The minimum atomic E-state index is -0.127. The third kappa shape index (κ3) is 3.96. The van der Waals surface area contributed by atoms with Crippen LogP contribution in [0.4, 0.5) is 11.5 Å². The lowest BCUT2D eigenvalue weighted by molar-refractivity contribution is 0.102. The number of carbonyl (C=O) groups excluding carboxylic acids is 1. The normalized spacial score (nSPS) is 14.4. The number of fused-ring (bicyclic) bond motifs is 1. The van der Waals surface area contributed by atoms with Crippen molar-refractivity contribution in [1.82, 2.24) is 4.98 Å². The van der Waals surface area contributed by atoms with Crippen LogP contribution in [0.15, 0.2) is 53.0 Å². The smallest absolute Gasteiger partial charge is 0.255 e. The first-order valence-corrected chi connectivity index (χ1v) is 9.70. The topological polar surface area (TPSA) is 54.5 Å². The Labute approximate surface area is 166 Å². The number of morpholine rings is 1.